The number of likely N-dealkylation sites (tertiary alicyclic amines) is 1. The number of unbranched alkanes of at least 4 members (excludes halogenated alkanes) is 4. The Bertz CT molecular complexity index is 1350. The van der Waals surface area contributed by atoms with Gasteiger partial charge in [-0.25, -0.2) is 4.98 Å². The van der Waals surface area contributed by atoms with E-state index in [1.54, 1.807) is 11.3 Å². The number of nitrogens with zero attached hydrogens (tertiary/aromatic N) is 2. The van der Waals surface area contributed by atoms with Gasteiger partial charge in [0.2, 0.25) is 23.6 Å². The van der Waals surface area contributed by atoms with E-state index in [0.717, 1.165) is 47.4 Å². The number of halogens is 1. The van der Waals surface area contributed by atoms with Gasteiger partial charge in [-0.3, -0.25) is 19.2 Å². The van der Waals surface area contributed by atoms with Crippen LogP contribution in [-0.2, 0) is 30.5 Å². The van der Waals surface area contributed by atoms with Gasteiger partial charge in [-0.15, -0.1) is 23.7 Å². The highest BCUT2D eigenvalue weighted by Crippen LogP contribution is 2.28. The number of aryl methyl sites for hydroxylation is 1. The van der Waals surface area contributed by atoms with Gasteiger partial charge in [-0.1, -0.05) is 64.3 Å². The van der Waals surface area contributed by atoms with E-state index in [9.17, 15) is 24.3 Å². The Labute approximate surface area is 300 Å². The second-order valence-corrected chi connectivity index (χ2v) is 14.7. The molecule has 1 saturated heterocycles. The molecule has 7 N–H and O–H groups in total. The molecule has 0 unspecified atom stereocenters. The van der Waals surface area contributed by atoms with Crippen LogP contribution in [-0.4, -0.2) is 82.6 Å². The van der Waals surface area contributed by atoms with Gasteiger partial charge in [0, 0.05) is 45.0 Å². The maximum absolute atomic E-state index is 13.8. The Morgan fingerprint density at radius 1 is 1.08 bits per heavy atom. The molecule has 49 heavy (non-hydrogen) atoms. The molecule has 14 heteroatoms. The highest BCUT2D eigenvalue weighted by molar-refractivity contribution is 7.13. The number of thiazole rings is 1. The van der Waals surface area contributed by atoms with Crippen LogP contribution >= 0.6 is 23.7 Å². The first-order valence-corrected chi connectivity index (χ1v) is 17.8. The number of aliphatic hydroxyl groups is 1. The van der Waals surface area contributed by atoms with E-state index in [0.29, 0.717) is 32.5 Å². The predicted molar refractivity (Wildman–Crippen MR) is 194 cm³/mol. The fourth-order valence-corrected chi connectivity index (χ4v) is 6.49. The highest BCUT2D eigenvalue weighted by Gasteiger charge is 2.44. The van der Waals surface area contributed by atoms with Gasteiger partial charge >= 0.3 is 0 Å². The number of hydrogen-bond acceptors (Lipinski definition) is 9. The van der Waals surface area contributed by atoms with Crippen LogP contribution in [0, 0.1) is 12.3 Å². The monoisotopic (exact) mass is 722 g/mol. The maximum Gasteiger partial charge on any atom is 0.246 e. The molecule has 12 nitrogen and oxygen atoms in total. The number of hydrogen-bond donors (Lipinski definition) is 5. The van der Waals surface area contributed by atoms with Crippen LogP contribution in [0.4, 0.5) is 0 Å². The summed E-state index contributed by atoms with van der Waals surface area (Å²) in [6.07, 6.45) is 4.72. The van der Waals surface area contributed by atoms with Crippen molar-refractivity contribution < 1.29 is 29.0 Å². The summed E-state index contributed by atoms with van der Waals surface area (Å²) >= 11 is 1.58. The minimum absolute atomic E-state index is 0. The van der Waals surface area contributed by atoms with Crippen LogP contribution in [0.1, 0.15) is 89.8 Å². The van der Waals surface area contributed by atoms with E-state index in [-0.39, 0.29) is 68.0 Å². The fourth-order valence-electron chi connectivity index (χ4n) is 5.68. The first kappa shape index (κ1) is 42.1. The summed E-state index contributed by atoms with van der Waals surface area (Å²) in [5.74, 6) is -1.28. The number of nitrogens with one attached hydrogen (secondary N) is 2. The molecule has 1 aliphatic heterocycles. The Hall–Kier alpha value is -3.10. The lowest BCUT2D eigenvalue weighted by atomic mass is 9.85. The van der Waals surface area contributed by atoms with Crippen LogP contribution < -0.4 is 22.1 Å². The second-order valence-electron chi connectivity index (χ2n) is 13.8. The summed E-state index contributed by atoms with van der Waals surface area (Å²) in [7, 11) is 0. The quantitative estimate of drug-likeness (QED) is 0.136. The first-order valence-electron chi connectivity index (χ1n) is 16.9. The normalized spacial score (nSPS) is 17.2. The number of nitrogens with two attached hydrogens (primary N) is 2. The zero-order valence-electron chi connectivity index (χ0n) is 29.2. The molecule has 0 radical (unpaired) electrons. The number of primary amides is 1. The van der Waals surface area contributed by atoms with Crippen molar-refractivity contribution in [1.29, 1.82) is 0 Å². The molecule has 4 amide bonds. The van der Waals surface area contributed by atoms with E-state index in [1.165, 1.54) is 4.90 Å². The van der Waals surface area contributed by atoms with E-state index >= 15 is 0 Å². The first-order chi connectivity index (χ1) is 22.8. The minimum atomic E-state index is -0.847. The SMILES string of the molecule is Cc1ncsc1-c1ccc(CNC(=O)[C@@H]2C[C@@H](O)CN2C(=O)[C@@H](NC(=O)CCCCCCCOC[C@@H](N)CCC(N)=O)C(C)(C)C)cc1.Cl. The molecule has 1 aromatic carbocycles. The van der Waals surface area contributed by atoms with Crippen molar-refractivity contribution >= 4 is 47.4 Å². The zero-order valence-corrected chi connectivity index (χ0v) is 30.9. The van der Waals surface area contributed by atoms with E-state index in [4.69, 9.17) is 16.2 Å². The molecule has 4 atom stereocenters. The summed E-state index contributed by atoms with van der Waals surface area (Å²) in [4.78, 5) is 57.7. The van der Waals surface area contributed by atoms with E-state index in [1.807, 2.05) is 57.5 Å². The number of amides is 4. The van der Waals surface area contributed by atoms with Crippen LogP contribution in [0.25, 0.3) is 10.4 Å². The van der Waals surface area contributed by atoms with Crippen molar-refractivity contribution in [1.82, 2.24) is 20.5 Å². The third-order valence-corrected chi connectivity index (χ3v) is 9.48. The lowest BCUT2D eigenvalue weighted by Gasteiger charge is -2.35. The number of benzene rings is 1. The molecule has 0 bridgehead atoms. The molecule has 0 saturated carbocycles. The third kappa shape index (κ3) is 14.0. The number of aliphatic hydroxyl groups excluding tert-OH is 1. The number of carbonyl (C=O) groups excluding carboxylic acids is 4. The third-order valence-electron chi connectivity index (χ3n) is 8.50. The fraction of sp³-hybridized carbons (Fsp3) is 0.629. The van der Waals surface area contributed by atoms with E-state index < -0.39 is 23.6 Å². The predicted octanol–water partition coefficient (Wildman–Crippen LogP) is 3.60. The molecule has 1 aromatic heterocycles. The van der Waals surface area contributed by atoms with Crippen molar-refractivity contribution in [3.8, 4) is 10.4 Å². The zero-order chi connectivity index (χ0) is 35.3. The smallest absolute Gasteiger partial charge is 0.246 e. The van der Waals surface area contributed by atoms with Gasteiger partial charge in [0.05, 0.1) is 28.8 Å². The van der Waals surface area contributed by atoms with Crippen molar-refractivity contribution in [2.75, 3.05) is 19.8 Å². The minimum Gasteiger partial charge on any atom is -0.391 e. The standard InChI is InChI=1S/C35H54N6O6S.ClH/c1-23-31(48-22-39-23)25-13-11-24(12-14-25)19-38-33(45)28-18-27(42)20-41(28)34(46)32(35(2,3)4)40-30(44)10-8-6-5-7-9-17-47-21-26(36)15-16-29(37)43;/h11-14,22,26-28,32,42H,5-10,15-21,36H2,1-4H3,(H2,37,43)(H,38,45)(H,40,44);1H/t26-,27+,28-,32+;/m0./s1. The molecular formula is C35H55ClN6O6S. The van der Waals surface area contributed by atoms with Crippen molar-refractivity contribution in [3.05, 3.63) is 41.0 Å². The molecular weight excluding hydrogens is 668 g/mol. The van der Waals surface area contributed by atoms with Gasteiger partial charge in [0.1, 0.15) is 12.1 Å². The highest BCUT2D eigenvalue weighted by atomic mass is 35.5. The van der Waals surface area contributed by atoms with Crippen molar-refractivity contribution in [3.63, 3.8) is 0 Å². The van der Waals surface area contributed by atoms with Crippen LogP contribution in [0.15, 0.2) is 29.8 Å². The molecule has 1 fully saturated rings. The van der Waals surface area contributed by atoms with E-state index in [2.05, 4.69) is 15.6 Å². The number of rotatable bonds is 19. The molecule has 2 heterocycles. The summed E-state index contributed by atoms with van der Waals surface area (Å²) in [6, 6.07) is 6.03. The molecule has 3 rings (SSSR count). The van der Waals surface area contributed by atoms with Crippen LogP contribution in [0.3, 0.4) is 0 Å². The van der Waals surface area contributed by atoms with Crippen LogP contribution in [0.2, 0.25) is 0 Å². The van der Waals surface area contributed by atoms with Crippen molar-refractivity contribution in [2.24, 2.45) is 16.9 Å². The number of ether oxygens (including phenoxy) is 1. The van der Waals surface area contributed by atoms with Crippen molar-refractivity contribution in [2.45, 2.75) is 116 Å². The number of aromatic nitrogens is 1. The van der Waals surface area contributed by atoms with Crippen LogP contribution in [0.5, 0.6) is 0 Å². The molecule has 0 spiro atoms. The summed E-state index contributed by atoms with van der Waals surface area (Å²) in [5, 5.41) is 16.3. The number of carbonyl (C=O) groups is 4. The summed E-state index contributed by atoms with van der Waals surface area (Å²) < 4.78 is 5.57. The lowest BCUT2D eigenvalue weighted by Crippen LogP contribution is -2.57. The Morgan fingerprint density at radius 2 is 1.76 bits per heavy atom. The second kappa shape index (κ2) is 20.5. The largest absolute Gasteiger partial charge is 0.391 e. The average molecular weight is 723 g/mol. The van der Waals surface area contributed by atoms with Gasteiger partial charge < -0.3 is 36.8 Å². The number of β-amino-alcohol motifs (C(OH)–C–C–N with tert-alkyl or cyclic N) is 1. The van der Waals surface area contributed by atoms with Gasteiger partial charge in [-0.05, 0) is 42.7 Å². The lowest BCUT2D eigenvalue weighted by molar-refractivity contribution is -0.144. The Morgan fingerprint density at radius 3 is 2.39 bits per heavy atom. The van der Waals surface area contributed by atoms with Gasteiger partial charge in [-0.2, -0.15) is 0 Å². The molecule has 274 valence electrons. The molecule has 1 aliphatic rings. The summed E-state index contributed by atoms with van der Waals surface area (Å²) in [6.45, 7) is 8.90. The molecule has 0 aliphatic carbocycles. The van der Waals surface area contributed by atoms with Gasteiger partial charge in [0.15, 0.2) is 0 Å². The Balaban J connectivity index is 0.00000833. The van der Waals surface area contributed by atoms with Gasteiger partial charge in [0.25, 0.3) is 0 Å². The molecule has 2 aromatic rings. The average Bonchev–Trinajstić information content (AvgIpc) is 3.65. The maximum atomic E-state index is 13.8. The Kier molecular flexibility index (Phi) is 17.6. The topological polar surface area (TPSA) is 190 Å². The summed E-state index contributed by atoms with van der Waals surface area (Å²) in [5.41, 5.74) is 15.2.